The van der Waals surface area contributed by atoms with Crippen LogP contribution in [0.25, 0.3) is 0 Å². The third-order valence-corrected chi connectivity index (χ3v) is 4.50. The zero-order chi connectivity index (χ0) is 12.6. The maximum atomic E-state index is 11.3. The van der Waals surface area contributed by atoms with Gasteiger partial charge in [0, 0.05) is 0 Å². The van der Waals surface area contributed by atoms with Crippen molar-refractivity contribution in [1.29, 1.82) is 0 Å². The number of carboxylic acids is 2. The lowest BCUT2D eigenvalue weighted by Gasteiger charge is -2.33. The summed E-state index contributed by atoms with van der Waals surface area (Å²) in [6.07, 6.45) is 7.76. The first-order chi connectivity index (χ1) is 7.96. The van der Waals surface area contributed by atoms with Gasteiger partial charge in [0.2, 0.25) is 0 Å². The zero-order valence-electron chi connectivity index (χ0n) is 9.93. The molecule has 0 saturated heterocycles. The molecular weight excluding hydrogens is 220 g/mol. The predicted octanol–water partition coefficient (Wildman–Crippen LogP) is 2.15. The van der Waals surface area contributed by atoms with Gasteiger partial charge in [-0.2, -0.15) is 0 Å². The van der Waals surface area contributed by atoms with Gasteiger partial charge in [-0.15, -0.1) is 0 Å². The van der Waals surface area contributed by atoms with E-state index in [1.54, 1.807) is 0 Å². The van der Waals surface area contributed by atoms with Gasteiger partial charge in [0.1, 0.15) is 0 Å². The monoisotopic (exact) mass is 238 g/mol. The molecule has 0 heterocycles. The van der Waals surface area contributed by atoms with E-state index in [1.165, 1.54) is 6.92 Å². The van der Waals surface area contributed by atoms with E-state index in [2.05, 4.69) is 6.08 Å². The van der Waals surface area contributed by atoms with E-state index >= 15 is 0 Å². The summed E-state index contributed by atoms with van der Waals surface area (Å²) in [6.45, 7) is 1.36. The quantitative estimate of drug-likeness (QED) is 0.583. The van der Waals surface area contributed by atoms with Crippen LogP contribution >= 0.6 is 0 Å². The maximum Gasteiger partial charge on any atom is 0.321 e. The molecule has 0 radical (unpaired) electrons. The molecule has 3 unspecified atom stereocenters. The van der Waals surface area contributed by atoms with Crippen LogP contribution in [0.15, 0.2) is 12.2 Å². The lowest BCUT2D eigenvalue weighted by Crippen LogP contribution is -2.45. The molecule has 4 nitrogen and oxygen atoms in total. The molecule has 4 heteroatoms. The van der Waals surface area contributed by atoms with Gasteiger partial charge in [-0.1, -0.05) is 12.2 Å². The lowest BCUT2D eigenvalue weighted by molar-refractivity contribution is -0.169. The molecule has 3 rings (SSSR count). The number of fused-ring (bicyclic) bond motifs is 3. The van der Waals surface area contributed by atoms with E-state index in [9.17, 15) is 19.8 Å². The highest BCUT2D eigenvalue weighted by Gasteiger charge is 2.52. The van der Waals surface area contributed by atoms with Crippen LogP contribution in [-0.2, 0) is 9.59 Å². The van der Waals surface area contributed by atoms with Gasteiger partial charge in [-0.05, 0) is 50.4 Å². The van der Waals surface area contributed by atoms with Crippen LogP contribution < -0.4 is 0 Å². The topological polar surface area (TPSA) is 74.6 Å². The Hall–Kier alpha value is -1.32. The minimum Gasteiger partial charge on any atom is -0.480 e. The number of carbonyl (C=O) groups is 2. The summed E-state index contributed by atoms with van der Waals surface area (Å²) < 4.78 is 0. The number of hydrogen-bond donors (Lipinski definition) is 2. The summed E-state index contributed by atoms with van der Waals surface area (Å²) in [4.78, 5) is 22.7. The molecule has 1 saturated carbocycles. The fourth-order valence-electron chi connectivity index (χ4n) is 3.21. The number of rotatable bonds is 3. The van der Waals surface area contributed by atoms with Crippen LogP contribution in [0, 0.1) is 23.2 Å². The summed E-state index contributed by atoms with van der Waals surface area (Å²) in [5, 5.41) is 18.5. The van der Waals surface area contributed by atoms with E-state index < -0.39 is 17.4 Å². The van der Waals surface area contributed by atoms with Crippen molar-refractivity contribution in [3.05, 3.63) is 12.2 Å². The molecule has 3 aliphatic carbocycles. The molecule has 3 atom stereocenters. The standard InChI is InChI=1S/C13H18O4/c1-13(11(14)15,12(16)17)10-7-4-8-2-5-9(10)6-3-8/h2,5,8-10H,3-4,6-7H2,1H3,(H,14,15)(H,16,17). The molecule has 0 aliphatic heterocycles. The lowest BCUT2D eigenvalue weighted by atomic mass is 9.68. The van der Waals surface area contributed by atoms with Crippen molar-refractivity contribution < 1.29 is 19.8 Å². The minimum absolute atomic E-state index is 0.103. The van der Waals surface area contributed by atoms with E-state index in [0.717, 1.165) is 19.3 Å². The van der Waals surface area contributed by atoms with Gasteiger partial charge in [0.05, 0.1) is 0 Å². The van der Waals surface area contributed by atoms with Crippen LogP contribution in [0.3, 0.4) is 0 Å². The summed E-state index contributed by atoms with van der Waals surface area (Å²) in [5.41, 5.74) is -1.66. The zero-order valence-corrected chi connectivity index (χ0v) is 9.93. The molecule has 0 aromatic heterocycles. The predicted molar refractivity (Wildman–Crippen MR) is 61.5 cm³/mol. The van der Waals surface area contributed by atoms with Crippen molar-refractivity contribution in [2.75, 3.05) is 0 Å². The Kier molecular flexibility index (Phi) is 2.98. The third-order valence-electron chi connectivity index (χ3n) is 4.50. The first-order valence-corrected chi connectivity index (χ1v) is 6.11. The molecule has 2 N–H and O–H groups in total. The Morgan fingerprint density at radius 2 is 1.65 bits per heavy atom. The van der Waals surface area contributed by atoms with Crippen molar-refractivity contribution in [3.63, 3.8) is 0 Å². The molecular formula is C13H18O4. The van der Waals surface area contributed by atoms with Crippen LogP contribution in [-0.4, -0.2) is 22.2 Å². The number of aliphatic carboxylic acids is 2. The van der Waals surface area contributed by atoms with Gasteiger partial charge in [-0.3, -0.25) is 9.59 Å². The molecule has 94 valence electrons. The Labute approximate surface area is 100 Å². The van der Waals surface area contributed by atoms with Crippen molar-refractivity contribution in [2.24, 2.45) is 23.2 Å². The first kappa shape index (κ1) is 12.1. The van der Waals surface area contributed by atoms with Crippen molar-refractivity contribution >= 4 is 11.9 Å². The van der Waals surface area contributed by atoms with Crippen LogP contribution in [0.5, 0.6) is 0 Å². The van der Waals surface area contributed by atoms with Gasteiger partial charge >= 0.3 is 11.9 Å². The smallest absolute Gasteiger partial charge is 0.321 e. The highest BCUT2D eigenvalue weighted by Crippen LogP contribution is 2.46. The molecule has 0 amide bonds. The average Bonchev–Trinajstić information content (AvgIpc) is 2.60. The van der Waals surface area contributed by atoms with Crippen molar-refractivity contribution in [1.82, 2.24) is 0 Å². The van der Waals surface area contributed by atoms with Crippen LogP contribution in [0.4, 0.5) is 0 Å². The Morgan fingerprint density at radius 3 is 2.12 bits per heavy atom. The Balaban J connectivity index is 2.34. The molecule has 1 fully saturated rings. The second-order valence-corrected chi connectivity index (χ2v) is 5.38. The van der Waals surface area contributed by atoms with E-state index in [1.807, 2.05) is 6.08 Å². The summed E-state index contributed by atoms with van der Waals surface area (Å²) in [7, 11) is 0. The third kappa shape index (κ3) is 1.85. The average molecular weight is 238 g/mol. The van der Waals surface area contributed by atoms with Gasteiger partial charge < -0.3 is 10.2 Å². The van der Waals surface area contributed by atoms with E-state index in [0.29, 0.717) is 12.3 Å². The second kappa shape index (κ2) is 4.17. The van der Waals surface area contributed by atoms with Gasteiger partial charge in [-0.25, -0.2) is 0 Å². The Morgan fingerprint density at radius 1 is 1.06 bits per heavy atom. The fourth-order valence-corrected chi connectivity index (χ4v) is 3.21. The van der Waals surface area contributed by atoms with Gasteiger partial charge in [0.15, 0.2) is 5.41 Å². The molecule has 2 bridgehead atoms. The van der Waals surface area contributed by atoms with E-state index in [-0.39, 0.29) is 11.8 Å². The van der Waals surface area contributed by atoms with Gasteiger partial charge in [0.25, 0.3) is 0 Å². The fraction of sp³-hybridized carbons (Fsp3) is 0.692. The van der Waals surface area contributed by atoms with E-state index in [4.69, 9.17) is 0 Å². The second-order valence-electron chi connectivity index (χ2n) is 5.38. The largest absolute Gasteiger partial charge is 0.480 e. The molecule has 0 aromatic rings. The molecule has 17 heavy (non-hydrogen) atoms. The molecule has 0 spiro atoms. The number of allylic oxidation sites excluding steroid dienone is 2. The number of carboxylic acid groups (broad SMARTS) is 2. The highest BCUT2D eigenvalue weighted by molar-refractivity contribution is 5.98. The first-order valence-electron chi connectivity index (χ1n) is 6.11. The van der Waals surface area contributed by atoms with Crippen LogP contribution in [0.1, 0.15) is 32.6 Å². The summed E-state index contributed by atoms with van der Waals surface area (Å²) >= 11 is 0. The molecule has 3 aliphatic rings. The normalized spacial score (nSPS) is 32.2. The highest BCUT2D eigenvalue weighted by atomic mass is 16.4. The number of hydrogen-bond acceptors (Lipinski definition) is 2. The molecule has 0 aromatic carbocycles. The Bertz CT molecular complexity index is 358. The SMILES string of the molecule is CC(C(=O)O)(C(=O)O)C1CCC2C=CC1CC2. The van der Waals surface area contributed by atoms with Crippen molar-refractivity contribution in [2.45, 2.75) is 32.6 Å². The van der Waals surface area contributed by atoms with Crippen LogP contribution in [0.2, 0.25) is 0 Å². The maximum absolute atomic E-state index is 11.3. The summed E-state index contributed by atoms with van der Waals surface area (Å²) in [5.74, 6) is -2.10. The summed E-state index contributed by atoms with van der Waals surface area (Å²) in [6, 6.07) is 0. The minimum atomic E-state index is -1.66. The van der Waals surface area contributed by atoms with Crippen molar-refractivity contribution in [3.8, 4) is 0 Å².